The summed E-state index contributed by atoms with van der Waals surface area (Å²) in [7, 11) is 0. The molecule has 0 heterocycles. The molecule has 0 spiro atoms. The molecule has 0 saturated heterocycles. The summed E-state index contributed by atoms with van der Waals surface area (Å²) in [5, 5.41) is 3.59. The quantitative estimate of drug-likeness (QED) is 0.558. The van der Waals surface area contributed by atoms with Gasteiger partial charge in [-0.05, 0) is 50.7 Å². The zero-order valence-corrected chi connectivity index (χ0v) is 12.8. The average molecular weight is 242 g/mol. The third-order valence-electron chi connectivity index (χ3n) is 3.52. The molecule has 17 heavy (non-hydrogen) atoms. The van der Waals surface area contributed by atoms with Gasteiger partial charge in [-0.1, -0.05) is 34.6 Å². The van der Waals surface area contributed by atoms with Gasteiger partial charge in [0.2, 0.25) is 0 Å². The first kappa shape index (κ1) is 16.9. The number of rotatable bonds is 11. The number of nitrogens with zero attached hydrogens (tertiary/aromatic N) is 1. The highest BCUT2D eigenvalue weighted by atomic mass is 15.1. The van der Waals surface area contributed by atoms with Crippen molar-refractivity contribution in [3.8, 4) is 0 Å². The van der Waals surface area contributed by atoms with E-state index in [1.54, 1.807) is 0 Å². The molecule has 104 valence electrons. The minimum atomic E-state index is 0.430. The molecule has 0 fully saturated rings. The van der Waals surface area contributed by atoms with Gasteiger partial charge in [0.05, 0.1) is 0 Å². The maximum atomic E-state index is 3.59. The van der Waals surface area contributed by atoms with Crippen LogP contribution in [0.25, 0.3) is 0 Å². The molecule has 0 aliphatic rings. The van der Waals surface area contributed by atoms with Crippen molar-refractivity contribution < 1.29 is 0 Å². The fraction of sp³-hybridized carbons (Fsp3) is 1.00. The summed E-state index contributed by atoms with van der Waals surface area (Å²) in [5.41, 5.74) is 0.430. The van der Waals surface area contributed by atoms with Gasteiger partial charge in [0.15, 0.2) is 0 Å². The fourth-order valence-corrected chi connectivity index (χ4v) is 2.30. The Hall–Kier alpha value is -0.0800. The van der Waals surface area contributed by atoms with E-state index in [0.29, 0.717) is 5.41 Å². The summed E-state index contributed by atoms with van der Waals surface area (Å²) in [4.78, 5) is 2.64. The highest BCUT2D eigenvalue weighted by Crippen LogP contribution is 2.22. The van der Waals surface area contributed by atoms with E-state index in [9.17, 15) is 0 Å². The molecule has 0 aliphatic heterocycles. The first-order chi connectivity index (χ1) is 8.11. The van der Waals surface area contributed by atoms with E-state index in [4.69, 9.17) is 0 Å². The van der Waals surface area contributed by atoms with Crippen LogP contribution < -0.4 is 5.32 Å². The summed E-state index contributed by atoms with van der Waals surface area (Å²) >= 11 is 0. The van der Waals surface area contributed by atoms with E-state index in [0.717, 1.165) is 13.1 Å². The topological polar surface area (TPSA) is 15.3 Å². The normalized spacial score (nSPS) is 15.2. The maximum Gasteiger partial charge on any atom is 0.00474 e. The third-order valence-corrected chi connectivity index (χ3v) is 3.52. The second-order valence-electron chi connectivity index (χ2n) is 5.62. The van der Waals surface area contributed by atoms with E-state index in [-0.39, 0.29) is 0 Å². The summed E-state index contributed by atoms with van der Waals surface area (Å²) in [6, 6.07) is 0. The van der Waals surface area contributed by atoms with E-state index >= 15 is 0 Å². The monoisotopic (exact) mass is 242 g/mol. The van der Waals surface area contributed by atoms with Crippen LogP contribution in [0, 0.1) is 5.41 Å². The zero-order valence-electron chi connectivity index (χ0n) is 12.8. The lowest BCUT2D eigenvalue weighted by molar-refractivity contribution is 0.155. The van der Waals surface area contributed by atoms with Crippen molar-refractivity contribution in [2.75, 3.05) is 32.7 Å². The van der Waals surface area contributed by atoms with Gasteiger partial charge in [-0.2, -0.15) is 0 Å². The van der Waals surface area contributed by atoms with Crippen LogP contribution in [0.1, 0.15) is 60.3 Å². The SMILES string of the molecule is CCCNCC(C)(CC)CN(CCC)CCC. The Balaban J connectivity index is 4.19. The van der Waals surface area contributed by atoms with Crippen molar-refractivity contribution in [3.05, 3.63) is 0 Å². The Labute approximate surface area is 109 Å². The van der Waals surface area contributed by atoms with Gasteiger partial charge >= 0.3 is 0 Å². The second-order valence-corrected chi connectivity index (χ2v) is 5.62. The molecule has 0 bridgehead atoms. The van der Waals surface area contributed by atoms with Crippen molar-refractivity contribution in [2.45, 2.75) is 60.3 Å². The number of nitrogens with one attached hydrogen (secondary N) is 1. The second kappa shape index (κ2) is 9.90. The minimum absolute atomic E-state index is 0.430. The van der Waals surface area contributed by atoms with Gasteiger partial charge in [0, 0.05) is 13.1 Å². The molecule has 0 rings (SSSR count). The first-order valence-corrected chi connectivity index (χ1v) is 7.54. The van der Waals surface area contributed by atoms with Gasteiger partial charge in [-0.3, -0.25) is 0 Å². The van der Waals surface area contributed by atoms with Crippen LogP contribution in [0.2, 0.25) is 0 Å². The third kappa shape index (κ3) is 7.77. The van der Waals surface area contributed by atoms with E-state index in [2.05, 4.69) is 44.8 Å². The molecule has 2 heteroatoms. The van der Waals surface area contributed by atoms with Crippen LogP contribution in [0.5, 0.6) is 0 Å². The predicted molar refractivity (Wildman–Crippen MR) is 78.6 cm³/mol. The van der Waals surface area contributed by atoms with E-state index in [1.165, 1.54) is 45.3 Å². The summed E-state index contributed by atoms with van der Waals surface area (Å²) in [5.74, 6) is 0. The fourth-order valence-electron chi connectivity index (χ4n) is 2.30. The van der Waals surface area contributed by atoms with Gasteiger partial charge < -0.3 is 10.2 Å². The largest absolute Gasteiger partial charge is 0.316 e. The van der Waals surface area contributed by atoms with Crippen LogP contribution in [0.3, 0.4) is 0 Å². The van der Waals surface area contributed by atoms with Crippen LogP contribution in [0.4, 0.5) is 0 Å². The lowest BCUT2D eigenvalue weighted by Crippen LogP contribution is -2.42. The molecule has 1 unspecified atom stereocenters. The van der Waals surface area contributed by atoms with Gasteiger partial charge in [0.1, 0.15) is 0 Å². The molecular formula is C15H34N2. The smallest absolute Gasteiger partial charge is 0.00474 e. The van der Waals surface area contributed by atoms with Crippen LogP contribution in [0.15, 0.2) is 0 Å². The average Bonchev–Trinajstić information content (AvgIpc) is 2.30. The number of hydrogen-bond donors (Lipinski definition) is 1. The molecule has 1 atom stereocenters. The van der Waals surface area contributed by atoms with E-state index in [1.807, 2.05) is 0 Å². The Morgan fingerprint density at radius 1 is 0.941 bits per heavy atom. The molecule has 0 aliphatic carbocycles. The van der Waals surface area contributed by atoms with Crippen molar-refractivity contribution in [1.29, 1.82) is 0 Å². The Kier molecular flexibility index (Phi) is 9.85. The Bertz CT molecular complexity index is 164. The highest BCUT2D eigenvalue weighted by Gasteiger charge is 2.24. The maximum absolute atomic E-state index is 3.59. The van der Waals surface area contributed by atoms with Gasteiger partial charge in [-0.25, -0.2) is 0 Å². The molecule has 2 nitrogen and oxygen atoms in total. The van der Waals surface area contributed by atoms with Crippen molar-refractivity contribution in [1.82, 2.24) is 10.2 Å². The lowest BCUT2D eigenvalue weighted by atomic mass is 9.86. The molecule has 0 aromatic rings. The summed E-state index contributed by atoms with van der Waals surface area (Å²) < 4.78 is 0. The molecule has 0 amide bonds. The van der Waals surface area contributed by atoms with Gasteiger partial charge in [0.25, 0.3) is 0 Å². The molecular weight excluding hydrogens is 208 g/mol. The summed E-state index contributed by atoms with van der Waals surface area (Å²) in [6.45, 7) is 17.6. The number of hydrogen-bond acceptors (Lipinski definition) is 2. The first-order valence-electron chi connectivity index (χ1n) is 7.54. The summed E-state index contributed by atoms with van der Waals surface area (Å²) in [6.07, 6.45) is 5.02. The van der Waals surface area contributed by atoms with Crippen LogP contribution in [-0.4, -0.2) is 37.6 Å². The van der Waals surface area contributed by atoms with Crippen LogP contribution >= 0.6 is 0 Å². The highest BCUT2D eigenvalue weighted by molar-refractivity contribution is 4.79. The minimum Gasteiger partial charge on any atom is -0.316 e. The van der Waals surface area contributed by atoms with E-state index < -0.39 is 0 Å². The van der Waals surface area contributed by atoms with Gasteiger partial charge in [-0.15, -0.1) is 0 Å². The molecule has 0 saturated carbocycles. The molecule has 0 radical (unpaired) electrons. The Morgan fingerprint density at radius 2 is 1.53 bits per heavy atom. The van der Waals surface area contributed by atoms with Crippen molar-refractivity contribution in [2.24, 2.45) is 5.41 Å². The Morgan fingerprint density at radius 3 is 1.94 bits per heavy atom. The standard InChI is InChI=1S/C15H34N2/c1-6-10-16-13-15(5,9-4)14-17(11-7-2)12-8-3/h16H,6-14H2,1-5H3. The van der Waals surface area contributed by atoms with Crippen LogP contribution in [-0.2, 0) is 0 Å². The van der Waals surface area contributed by atoms with Crippen molar-refractivity contribution in [3.63, 3.8) is 0 Å². The van der Waals surface area contributed by atoms with Crippen molar-refractivity contribution >= 4 is 0 Å². The predicted octanol–water partition coefficient (Wildman–Crippen LogP) is 3.52. The molecule has 0 aromatic carbocycles. The lowest BCUT2D eigenvalue weighted by Gasteiger charge is -2.35. The zero-order chi connectivity index (χ0) is 13.1. The molecule has 0 aromatic heterocycles. The molecule has 1 N–H and O–H groups in total.